The lowest BCUT2D eigenvalue weighted by molar-refractivity contribution is -0.383. The van der Waals surface area contributed by atoms with Crippen LogP contribution >= 0.6 is 0 Å². The second-order valence-corrected chi connectivity index (χ2v) is 5.07. The second-order valence-electron chi connectivity index (χ2n) is 5.07. The number of hydrogen-bond donors (Lipinski definition) is 1. The molecule has 1 aliphatic rings. The van der Waals surface area contributed by atoms with Gasteiger partial charge in [0.05, 0.1) is 23.0 Å². The zero-order valence-corrected chi connectivity index (χ0v) is 11.0. The monoisotopic (exact) mass is 277 g/mol. The van der Waals surface area contributed by atoms with Crippen LogP contribution in [0.15, 0.2) is 24.5 Å². The first-order valence-electron chi connectivity index (χ1n) is 6.48. The molecule has 0 bridgehead atoms. The van der Waals surface area contributed by atoms with Crippen LogP contribution in [0.3, 0.4) is 0 Å². The highest BCUT2D eigenvalue weighted by molar-refractivity contribution is 5.85. The molecule has 2 aromatic rings. The lowest BCUT2D eigenvalue weighted by Crippen LogP contribution is -2.18. The molecule has 7 nitrogen and oxygen atoms in total. The maximum absolute atomic E-state index is 11.0. The van der Waals surface area contributed by atoms with Gasteiger partial charge < -0.3 is 14.4 Å². The number of aliphatic hydroxyl groups is 1. The quantitative estimate of drug-likeness (QED) is 0.683. The highest BCUT2D eigenvalue weighted by atomic mass is 16.6. The summed E-state index contributed by atoms with van der Waals surface area (Å²) in [4.78, 5) is 14.8. The normalized spacial score (nSPS) is 26.2. The van der Waals surface area contributed by atoms with Crippen LogP contribution in [0.5, 0.6) is 0 Å². The number of hydrogen-bond acceptors (Lipinski definition) is 5. The number of aliphatic hydroxyl groups excluding tert-OH is 1. The van der Waals surface area contributed by atoms with E-state index in [0.717, 1.165) is 6.42 Å². The van der Waals surface area contributed by atoms with E-state index >= 15 is 0 Å². The van der Waals surface area contributed by atoms with Gasteiger partial charge in [-0.2, -0.15) is 0 Å². The third-order valence-corrected chi connectivity index (χ3v) is 3.82. The van der Waals surface area contributed by atoms with Gasteiger partial charge in [-0.3, -0.25) is 10.1 Å². The average molecular weight is 277 g/mol. The first-order chi connectivity index (χ1) is 9.61. The van der Waals surface area contributed by atoms with E-state index < -0.39 is 4.92 Å². The van der Waals surface area contributed by atoms with Gasteiger partial charge in [0, 0.05) is 18.5 Å². The van der Waals surface area contributed by atoms with Gasteiger partial charge in [0.2, 0.25) is 0 Å². The second kappa shape index (κ2) is 4.84. The number of nitro groups is 1. The van der Waals surface area contributed by atoms with Crippen molar-refractivity contribution in [3.8, 4) is 0 Å². The average Bonchev–Trinajstić information content (AvgIpc) is 3.01. The van der Waals surface area contributed by atoms with Gasteiger partial charge >= 0.3 is 0 Å². The van der Waals surface area contributed by atoms with Crippen molar-refractivity contribution in [2.75, 3.05) is 6.61 Å². The van der Waals surface area contributed by atoms with Gasteiger partial charge in [0.1, 0.15) is 11.9 Å². The Morgan fingerprint density at radius 2 is 2.40 bits per heavy atom. The molecule has 0 spiro atoms. The van der Waals surface area contributed by atoms with Crippen LogP contribution in [0.25, 0.3) is 11.0 Å². The Morgan fingerprint density at radius 1 is 1.60 bits per heavy atom. The lowest BCUT2D eigenvalue weighted by Gasteiger charge is -2.14. The molecule has 3 atom stereocenters. The molecule has 0 saturated carbocycles. The van der Waals surface area contributed by atoms with E-state index in [9.17, 15) is 15.2 Å². The molecule has 2 aromatic heterocycles. The number of rotatable bonds is 3. The molecular weight excluding hydrogens is 262 g/mol. The maximum atomic E-state index is 11.0. The van der Waals surface area contributed by atoms with Crippen molar-refractivity contribution < 1.29 is 14.8 Å². The van der Waals surface area contributed by atoms with E-state index in [1.807, 2.05) is 6.92 Å². The Kier molecular flexibility index (Phi) is 3.15. The molecule has 0 aliphatic carbocycles. The van der Waals surface area contributed by atoms with Gasteiger partial charge in [-0.25, -0.2) is 4.98 Å². The molecule has 1 saturated heterocycles. The van der Waals surface area contributed by atoms with Crippen LogP contribution < -0.4 is 0 Å². The minimum Gasteiger partial charge on any atom is -0.394 e. The van der Waals surface area contributed by atoms with Gasteiger partial charge in [0.25, 0.3) is 5.69 Å². The number of nitrogens with zero attached hydrogens (tertiary/aromatic N) is 3. The van der Waals surface area contributed by atoms with Crippen LogP contribution in [-0.2, 0) is 4.74 Å². The Balaban J connectivity index is 2.02. The lowest BCUT2D eigenvalue weighted by atomic mass is 10.0. The molecule has 0 radical (unpaired) electrons. The molecule has 1 fully saturated rings. The van der Waals surface area contributed by atoms with Crippen molar-refractivity contribution in [1.82, 2.24) is 9.55 Å². The van der Waals surface area contributed by atoms with Crippen molar-refractivity contribution in [3.05, 3.63) is 34.6 Å². The fourth-order valence-electron chi connectivity index (χ4n) is 2.70. The standard InChI is InChI=1S/C13H15N3O4/c1-8-6-12(20-11(8)7-17)15-5-3-9-10(16(18)19)2-4-14-13(9)15/h2-5,8,11-12,17H,6-7H2,1H3. The summed E-state index contributed by atoms with van der Waals surface area (Å²) in [5.74, 6) is 0.237. The molecule has 1 N–H and O–H groups in total. The number of pyridine rings is 1. The predicted octanol–water partition coefficient (Wildman–Crippen LogP) is 1.86. The first-order valence-corrected chi connectivity index (χ1v) is 6.48. The predicted molar refractivity (Wildman–Crippen MR) is 71.2 cm³/mol. The number of aromatic nitrogens is 2. The van der Waals surface area contributed by atoms with Crippen LogP contribution in [0.2, 0.25) is 0 Å². The van der Waals surface area contributed by atoms with Gasteiger partial charge in [-0.05, 0) is 18.4 Å². The highest BCUT2D eigenvalue weighted by Crippen LogP contribution is 2.36. The Hall–Kier alpha value is -1.99. The van der Waals surface area contributed by atoms with E-state index in [-0.39, 0.29) is 30.5 Å². The van der Waals surface area contributed by atoms with Crippen molar-refractivity contribution in [3.63, 3.8) is 0 Å². The maximum Gasteiger partial charge on any atom is 0.281 e. The highest BCUT2D eigenvalue weighted by Gasteiger charge is 2.33. The van der Waals surface area contributed by atoms with E-state index in [4.69, 9.17) is 4.74 Å². The minimum absolute atomic E-state index is 0.0234. The summed E-state index contributed by atoms with van der Waals surface area (Å²) >= 11 is 0. The number of ether oxygens (including phenoxy) is 1. The van der Waals surface area contributed by atoms with E-state index in [0.29, 0.717) is 11.0 Å². The Morgan fingerprint density at radius 3 is 3.05 bits per heavy atom. The minimum atomic E-state index is -0.414. The van der Waals surface area contributed by atoms with Crippen LogP contribution in [0, 0.1) is 16.0 Å². The zero-order chi connectivity index (χ0) is 14.3. The molecule has 20 heavy (non-hydrogen) atoms. The molecule has 0 amide bonds. The Labute approximate surface area is 114 Å². The molecule has 106 valence electrons. The summed E-state index contributed by atoms with van der Waals surface area (Å²) in [5, 5.41) is 20.7. The van der Waals surface area contributed by atoms with Crippen molar-refractivity contribution in [1.29, 1.82) is 0 Å². The molecular formula is C13H15N3O4. The smallest absolute Gasteiger partial charge is 0.281 e. The van der Waals surface area contributed by atoms with Crippen LogP contribution in [0.4, 0.5) is 5.69 Å². The summed E-state index contributed by atoms with van der Waals surface area (Å²) in [6.45, 7) is 1.99. The summed E-state index contributed by atoms with van der Waals surface area (Å²) in [6.07, 6.45) is 3.49. The summed E-state index contributed by atoms with van der Waals surface area (Å²) in [6, 6.07) is 3.07. The molecule has 3 heterocycles. The van der Waals surface area contributed by atoms with Crippen molar-refractivity contribution >= 4 is 16.7 Å². The van der Waals surface area contributed by atoms with E-state index in [1.54, 1.807) is 16.8 Å². The van der Waals surface area contributed by atoms with E-state index in [2.05, 4.69) is 4.98 Å². The largest absolute Gasteiger partial charge is 0.394 e. The van der Waals surface area contributed by atoms with Gasteiger partial charge in [0.15, 0.2) is 0 Å². The topological polar surface area (TPSA) is 90.4 Å². The summed E-state index contributed by atoms with van der Waals surface area (Å²) in [7, 11) is 0. The van der Waals surface area contributed by atoms with Crippen LogP contribution in [-0.4, -0.2) is 32.3 Å². The fraction of sp³-hybridized carbons (Fsp3) is 0.462. The van der Waals surface area contributed by atoms with Crippen molar-refractivity contribution in [2.45, 2.75) is 25.7 Å². The third-order valence-electron chi connectivity index (χ3n) is 3.82. The molecule has 1 aliphatic heterocycles. The third kappa shape index (κ3) is 1.95. The van der Waals surface area contributed by atoms with Gasteiger partial charge in [-0.1, -0.05) is 6.92 Å². The Bertz CT molecular complexity index is 654. The van der Waals surface area contributed by atoms with Crippen LogP contribution in [0.1, 0.15) is 19.6 Å². The summed E-state index contributed by atoms with van der Waals surface area (Å²) < 4.78 is 7.58. The first kappa shape index (κ1) is 13.0. The molecule has 3 rings (SSSR count). The molecule has 7 heteroatoms. The fourth-order valence-corrected chi connectivity index (χ4v) is 2.70. The SMILES string of the molecule is CC1CC(n2ccc3c([N+](=O)[O-])ccnc32)OC1CO. The zero-order valence-electron chi connectivity index (χ0n) is 11.0. The summed E-state index contributed by atoms with van der Waals surface area (Å²) in [5.41, 5.74) is 0.577. The molecule has 3 unspecified atom stereocenters. The van der Waals surface area contributed by atoms with Crippen molar-refractivity contribution in [2.24, 2.45) is 5.92 Å². The number of fused-ring (bicyclic) bond motifs is 1. The van der Waals surface area contributed by atoms with Gasteiger partial charge in [-0.15, -0.1) is 0 Å². The molecule has 0 aromatic carbocycles. The van der Waals surface area contributed by atoms with E-state index in [1.165, 1.54) is 12.3 Å².